The number of fused-ring (bicyclic) bond motifs is 2. The first-order valence-electron chi connectivity index (χ1n) is 14.7. The number of aliphatic hydroxyl groups excluding tert-OH is 1. The number of aromatic nitrogens is 3. The van der Waals surface area contributed by atoms with Crippen molar-refractivity contribution in [3.05, 3.63) is 114 Å². The smallest absolute Gasteiger partial charge is 0.128 e. The van der Waals surface area contributed by atoms with Crippen molar-refractivity contribution in [2.45, 2.75) is 50.2 Å². The number of phenolic OH excluding ortho intramolecular Hbond substituents is 1. The number of hydrogen-bond acceptors (Lipinski definition) is 7. The average molecular weight is 574 g/mol. The van der Waals surface area contributed by atoms with Gasteiger partial charge in [0.25, 0.3) is 0 Å². The quantitative estimate of drug-likeness (QED) is 0.172. The number of rotatable bonds is 10. The van der Waals surface area contributed by atoms with E-state index in [9.17, 15) is 10.2 Å². The van der Waals surface area contributed by atoms with Crippen molar-refractivity contribution in [1.82, 2.24) is 15.4 Å². The number of hydrogen-bond donors (Lipinski definition) is 2. The van der Waals surface area contributed by atoms with Gasteiger partial charge in [-0.1, -0.05) is 86.5 Å². The summed E-state index contributed by atoms with van der Waals surface area (Å²) >= 11 is 0. The maximum Gasteiger partial charge on any atom is 0.128 e. The predicted octanol–water partition coefficient (Wildman–Crippen LogP) is 7.11. The van der Waals surface area contributed by atoms with Crippen LogP contribution in [0.5, 0.6) is 17.2 Å². The molecular formula is C36H35N3O4. The van der Waals surface area contributed by atoms with E-state index in [-0.39, 0.29) is 5.75 Å². The maximum atomic E-state index is 12.3. The minimum Gasteiger partial charge on any atom is -0.507 e. The Balaban J connectivity index is 1.58. The third kappa shape index (κ3) is 5.10. The van der Waals surface area contributed by atoms with Gasteiger partial charge < -0.3 is 19.7 Å². The summed E-state index contributed by atoms with van der Waals surface area (Å²) in [5.41, 5.74) is 2.87. The highest BCUT2D eigenvalue weighted by molar-refractivity contribution is 5.90. The van der Waals surface area contributed by atoms with Crippen molar-refractivity contribution < 1.29 is 19.7 Å². The van der Waals surface area contributed by atoms with Gasteiger partial charge in [0.15, 0.2) is 0 Å². The summed E-state index contributed by atoms with van der Waals surface area (Å²) < 4.78 is 13.0. The third-order valence-electron chi connectivity index (χ3n) is 8.46. The van der Waals surface area contributed by atoms with E-state index in [1.54, 1.807) is 25.3 Å². The second kappa shape index (κ2) is 12.2. The number of ether oxygens (including phenoxy) is 2. The molecule has 218 valence electrons. The Morgan fingerprint density at radius 1 is 0.953 bits per heavy atom. The molecule has 1 heterocycles. The van der Waals surface area contributed by atoms with Crippen LogP contribution < -0.4 is 9.47 Å². The Morgan fingerprint density at radius 2 is 1.79 bits per heavy atom. The van der Waals surface area contributed by atoms with E-state index in [2.05, 4.69) is 46.6 Å². The van der Waals surface area contributed by atoms with Gasteiger partial charge in [0.1, 0.15) is 23.4 Å². The lowest BCUT2D eigenvalue weighted by Gasteiger charge is -2.47. The maximum absolute atomic E-state index is 12.3. The predicted molar refractivity (Wildman–Crippen MR) is 168 cm³/mol. The molecule has 2 N–H and O–H groups in total. The van der Waals surface area contributed by atoms with Crippen molar-refractivity contribution in [3.63, 3.8) is 0 Å². The van der Waals surface area contributed by atoms with Crippen molar-refractivity contribution >= 4 is 16.8 Å². The lowest BCUT2D eigenvalue weighted by molar-refractivity contribution is 0.0359. The molecule has 0 saturated carbocycles. The first-order chi connectivity index (χ1) is 21.1. The standard InChI is InChI=1S/C36H35N3O4/c1-3-4-5-14-34(43-26-17-18-28(31(40)23-26)30-21-22-37-39-38-30)36(29-13-9-7-11-25(29)16-20-33(36)41)35-27-12-8-6-10-24(27)15-19-32(35)42-2/h6-13,15-23,33-34,40-41H,3-5,14H2,1-2H3. The van der Waals surface area contributed by atoms with Crippen LogP contribution in [0.1, 0.15) is 49.3 Å². The van der Waals surface area contributed by atoms with Crippen LogP contribution in [0.3, 0.4) is 0 Å². The molecule has 0 fully saturated rings. The molecule has 1 aromatic heterocycles. The molecule has 43 heavy (non-hydrogen) atoms. The van der Waals surface area contributed by atoms with Crippen molar-refractivity contribution in [2.75, 3.05) is 7.11 Å². The van der Waals surface area contributed by atoms with Crippen LogP contribution in [-0.2, 0) is 5.41 Å². The molecule has 3 unspecified atom stereocenters. The minimum atomic E-state index is -1.03. The van der Waals surface area contributed by atoms with Crippen LogP contribution in [-0.4, -0.2) is 44.9 Å². The van der Waals surface area contributed by atoms with Gasteiger partial charge in [0.2, 0.25) is 0 Å². The minimum absolute atomic E-state index is 0.0200. The lowest BCUT2D eigenvalue weighted by Crippen LogP contribution is -2.53. The average Bonchev–Trinajstić information content (AvgIpc) is 3.05. The van der Waals surface area contributed by atoms with Crippen molar-refractivity contribution in [1.29, 1.82) is 0 Å². The zero-order chi connectivity index (χ0) is 29.8. The fraction of sp³-hybridized carbons (Fsp3) is 0.250. The number of aromatic hydroxyl groups is 1. The van der Waals surface area contributed by atoms with Crippen molar-refractivity contribution in [2.24, 2.45) is 0 Å². The highest BCUT2D eigenvalue weighted by Crippen LogP contribution is 2.52. The molecule has 6 rings (SSSR count). The molecule has 0 spiro atoms. The molecule has 7 nitrogen and oxygen atoms in total. The Bertz CT molecular complexity index is 1760. The summed E-state index contributed by atoms with van der Waals surface area (Å²) in [4.78, 5) is 0. The van der Waals surface area contributed by atoms with E-state index < -0.39 is 17.6 Å². The number of benzene rings is 4. The fourth-order valence-electron chi connectivity index (χ4n) is 6.49. The number of aliphatic hydroxyl groups is 1. The number of phenols is 1. The molecule has 1 aliphatic rings. The number of unbranched alkanes of at least 4 members (excludes halogenated alkanes) is 2. The highest BCUT2D eigenvalue weighted by Gasteiger charge is 2.53. The second-order valence-corrected chi connectivity index (χ2v) is 10.9. The Hall–Kier alpha value is -4.75. The Kier molecular flexibility index (Phi) is 8.07. The molecule has 4 aromatic carbocycles. The number of methoxy groups -OCH3 is 1. The van der Waals surface area contributed by atoms with Gasteiger partial charge in [-0.05, 0) is 64.2 Å². The SMILES string of the molecule is CCCCCC(Oc1ccc(-c2ccnnn2)c(O)c1)C1(c2c(OC)ccc3ccccc23)c2ccccc2C=CC1O. The molecule has 0 saturated heterocycles. The van der Waals surface area contributed by atoms with Crippen LogP contribution in [0.25, 0.3) is 28.1 Å². The van der Waals surface area contributed by atoms with E-state index in [0.29, 0.717) is 29.2 Å². The molecule has 3 atom stereocenters. The summed E-state index contributed by atoms with van der Waals surface area (Å²) in [6.07, 6.45) is 7.55. The second-order valence-electron chi connectivity index (χ2n) is 10.9. The van der Waals surface area contributed by atoms with E-state index in [1.807, 2.05) is 54.6 Å². The third-order valence-corrected chi connectivity index (χ3v) is 8.46. The fourth-order valence-corrected chi connectivity index (χ4v) is 6.49. The van der Waals surface area contributed by atoms with Gasteiger partial charge in [0, 0.05) is 17.2 Å². The van der Waals surface area contributed by atoms with E-state index in [0.717, 1.165) is 46.7 Å². The zero-order valence-electron chi connectivity index (χ0n) is 24.4. The Labute approximate surface area is 251 Å². The summed E-state index contributed by atoms with van der Waals surface area (Å²) in [7, 11) is 1.67. The van der Waals surface area contributed by atoms with Crippen LogP contribution in [0.15, 0.2) is 97.2 Å². The largest absolute Gasteiger partial charge is 0.507 e. The highest BCUT2D eigenvalue weighted by atomic mass is 16.5. The van der Waals surface area contributed by atoms with Crippen LogP contribution in [0, 0.1) is 0 Å². The van der Waals surface area contributed by atoms with Gasteiger partial charge in [-0.15, -0.1) is 10.2 Å². The lowest BCUT2D eigenvalue weighted by atomic mass is 9.61. The van der Waals surface area contributed by atoms with E-state index in [4.69, 9.17) is 9.47 Å². The molecule has 0 amide bonds. The van der Waals surface area contributed by atoms with E-state index >= 15 is 0 Å². The van der Waals surface area contributed by atoms with E-state index in [1.165, 1.54) is 6.20 Å². The van der Waals surface area contributed by atoms with Crippen LogP contribution in [0.4, 0.5) is 0 Å². The summed E-state index contributed by atoms with van der Waals surface area (Å²) in [5.74, 6) is 1.19. The van der Waals surface area contributed by atoms with Crippen LogP contribution in [0.2, 0.25) is 0 Å². The summed E-state index contributed by atoms with van der Waals surface area (Å²) in [6.45, 7) is 2.17. The Morgan fingerprint density at radius 3 is 2.58 bits per heavy atom. The topological polar surface area (TPSA) is 97.6 Å². The zero-order valence-corrected chi connectivity index (χ0v) is 24.4. The normalized spacial score (nSPS) is 18.3. The molecule has 0 radical (unpaired) electrons. The molecular weight excluding hydrogens is 538 g/mol. The molecule has 1 aliphatic carbocycles. The first-order valence-corrected chi connectivity index (χ1v) is 14.7. The molecule has 5 aromatic rings. The van der Waals surface area contributed by atoms with Gasteiger partial charge in [0.05, 0.1) is 30.5 Å². The van der Waals surface area contributed by atoms with Gasteiger partial charge in [-0.25, -0.2) is 0 Å². The van der Waals surface area contributed by atoms with Crippen LogP contribution >= 0.6 is 0 Å². The first kappa shape index (κ1) is 28.4. The molecule has 0 aliphatic heterocycles. The summed E-state index contributed by atoms with van der Waals surface area (Å²) in [5, 5.41) is 36.8. The van der Waals surface area contributed by atoms with Crippen molar-refractivity contribution in [3.8, 4) is 28.5 Å². The van der Waals surface area contributed by atoms with Gasteiger partial charge in [-0.3, -0.25) is 0 Å². The van der Waals surface area contributed by atoms with Gasteiger partial charge in [-0.2, -0.15) is 0 Å². The number of nitrogens with zero attached hydrogens (tertiary/aromatic N) is 3. The molecule has 7 heteroatoms. The van der Waals surface area contributed by atoms with Gasteiger partial charge >= 0.3 is 0 Å². The summed E-state index contributed by atoms with van der Waals surface area (Å²) in [6, 6.07) is 27.3. The molecule has 0 bridgehead atoms. The monoisotopic (exact) mass is 573 g/mol.